The molecule has 0 heterocycles. The molecule has 0 saturated heterocycles. The first-order valence-corrected chi connectivity index (χ1v) is 6.61. The molecule has 0 nitrogen and oxygen atoms in total. The zero-order chi connectivity index (χ0) is 13.3. The minimum absolute atomic E-state index is 1.06. The van der Waals surface area contributed by atoms with E-state index in [0.717, 1.165) is 6.42 Å². The Kier molecular flexibility index (Phi) is 8.49. The Labute approximate surface area is 108 Å². The molecule has 0 amide bonds. The van der Waals surface area contributed by atoms with Gasteiger partial charge in [0.2, 0.25) is 0 Å². The summed E-state index contributed by atoms with van der Waals surface area (Å²) in [4.78, 5) is 0. The maximum Gasteiger partial charge on any atom is -0.0133 e. The van der Waals surface area contributed by atoms with E-state index >= 15 is 0 Å². The predicted octanol–water partition coefficient (Wildman–Crippen LogP) is 5.98. The van der Waals surface area contributed by atoms with Crippen LogP contribution in [0.15, 0.2) is 47.1 Å². The highest BCUT2D eigenvalue weighted by atomic mass is 14.0. The molecule has 0 rings (SSSR count). The fourth-order valence-electron chi connectivity index (χ4n) is 1.46. The molecular weight excluding hydrogens is 204 g/mol. The van der Waals surface area contributed by atoms with E-state index in [0.29, 0.717) is 0 Å². The Bertz CT molecular complexity index is 324. The normalized spacial score (nSPS) is 14.6. The van der Waals surface area contributed by atoms with E-state index in [4.69, 9.17) is 0 Å². The topological polar surface area (TPSA) is 0 Å². The van der Waals surface area contributed by atoms with Gasteiger partial charge in [-0.25, -0.2) is 0 Å². The Morgan fingerprint density at radius 1 is 1.00 bits per heavy atom. The first kappa shape index (κ1) is 16.0. The Morgan fingerprint density at radius 2 is 1.65 bits per heavy atom. The average Bonchev–Trinajstić information content (AvgIpc) is 2.34. The maximum atomic E-state index is 3.80. The summed E-state index contributed by atoms with van der Waals surface area (Å²) in [5, 5.41) is 0. The van der Waals surface area contributed by atoms with Crippen molar-refractivity contribution in [3.63, 3.8) is 0 Å². The molecule has 0 atom stereocenters. The van der Waals surface area contributed by atoms with Crippen LogP contribution >= 0.6 is 0 Å². The second-order valence-corrected chi connectivity index (χ2v) is 4.86. The lowest BCUT2D eigenvalue weighted by Crippen LogP contribution is -1.82. The second-order valence-electron chi connectivity index (χ2n) is 4.86. The van der Waals surface area contributed by atoms with Crippen molar-refractivity contribution in [3.8, 4) is 0 Å². The lowest BCUT2D eigenvalue weighted by atomic mass is 10.0. The fraction of sp³-hybridized carbons (Fsp3) is 0.529. The van der Waals surface area contributed by atoms with Crippen molar-refractivity contribution in [2.45, 2.75) is 60.3 Å². The van der Waals surface area contributed by atoms with Crippen LogP contribution in [0, 0.1) is 0 Å². The molecule has 0 N–H and O–H groups in total. The number of rotatable bonds is 7. The van der Waals surface area contributed by atoms with Crippen LogP contribution in [0.25, 0.3) is 0 Å². The molecule has 17 heavy (non-hydrogen) atoms. The Hall–Kier alpha value is -1.04. The van der Waals surface area contributed by atoms with E-state index in [1.54, 1.807) is 0 Å². The predicted molar refractivity (Wildman–Crippen MR) is 80.2 cm³/mol. The monoisotopic (exact) mass is 232 g/mol. The molecule has 0 aromatic heterocycles. The van der Waals surface area contributed by atoms with Crippen molar-refractivity contribution >= 4 is 0 Å². The van der Waals surface area contributed by atoms with E-state index < -0.39 is 0 Å². The summed E-state index contributed by atoms with van der Waals surface area (Å²) in [5.74, 6) is 0. The SMILES string of the molecule is C=C/C(C)=C(\C)C/C=C(\C)CC/C=C(/C)CC. The molecular formula is C17H28. The van der Waals surface area contributed by atoms with Gasteiger partial charge in [-0.2, -0.15) is 0 Å². The summed E-state index contributed by atoms with van der Waals surface area (Å²) in [7, 11) is 0. The van der Waals surface area contributed by atoms with E-state index in [9.17, 15) is 0 Å². The summed E-state index contributed by atoms with van der Waals surface area (Å²) in [6, 6.07) is 0. The van der Waals surface area contributed by atoms with Crippen LogP contribution in [0.1, 0.15) is 60.3 Å². The van der Waals surface area contributed by atoms with Crippen molar-refractivity contribution < 1.29 is 0 Å². The quantitative estimate of drug-likeness (QED) is 0.374. The van der Waals surface area contributed by atoms with Gasteiger partial charge in [-0.1, -0.05) is 54.0 Å². The number of hydrogen-bond donors (Lipinski definition) is 0. The highest BCUT2D eigenvalue weighted by molar-refractivity contribution is 5.23. The molecule has 0 heteroatoms. The van der Waals surface area contributed by atoms with Crippen LogP contribution in [-0.4, -0.2) is 0 Å². The molecule has 0 aliphatic carbocycles. The zero-order valence-electron chi connectivity index (χ0n) is 12.3. The highest BCUT2D eigenvalue weighted by Crippen LogP contribution is 2.14. The molecule has 0 radical (unpaired) electrons. The smallest absolute Gasteiger partial charge is 0.0133 e. The highest BCUT2D eigenvalue weighted by Gasteiger charge is 1.93. The van der Waals surface area contributed by atoms with Gasteiger partial charge in [0.15, 0.2) is 0 Å². The molecule has 0 unspecified atom stereocenters. The van der Waals surface area contributed by atoms with Crippen LogP contribution in [0.5, 0.6) is 0 Å². The van der Waals surface area contributed by atoms with Crippen LogP contribution in [0.2, 0.25) is 0 Å². The van der Waals surface area contributed by atoms with Gasteiger partial charge in [-0.15, -0.1) is 0 Å². The Morgan fingerprint density at radius 3 is 2.18 bits per heavy atom. The van der Waals surface area contributed by atoms with Gasteiger partial charge in [0.1, 0.15) is 0 Å². The second kappa shape index (κ2) is 9.04. The molecule has 0 aromatic carbocycles. The third-order valence-corrected chi connectivity index (χ3v) is 3.33. The van der Waals surface area contributed by atoms with Gasteiger partial charge < -0.3 is 0 Å². The summed E-state index contributed by atoms with van der Waals surface area (Å²) in [5.41, 5.74) is 5.70. The van der Waals surface area contributed by atoms with E-state index in [1.807, 2.05) is 6.08 Å². The van der Waals surface area contributed by atoms with Crippen molar-refractivity contribution in [3.05, 3.63) is 47.1 Å². The van der Waals surface area contributed by atoms with Gasteiger partial charge in [0.05, 0.1) is 0 Å². The molecule has 0 bridgehead atoms. The van der Waals surface area contributed by atoms with Gasteiger partial charge in [-0.3, -0.25) is 0 Å². The molecule has 0 aliphatic rings. The van der Waals surface area contributed by atoms with Crippen molar-refractivity contribution in [2.75, 3.05) is 0 Å². The lowest BCUT2D eigenvalue weighted by molar-refractivity contribution is 0.939. The first-order chi connectivity index (χ1) is 8.01. The minimum atomic E-state index is 1.06. The van der Waals surface area contributed by atoms with Gasteiger partial charge >= 0.3 is 0 Å². The Balaban J connectivity index is 4.16. The molecule has 0 spiro atoms. The summed E-state index contributed by atoms with van der Waals surface area (Å²) < 4.78 is 0. The van der Waals surface area contributed by atoms with Gasteiger partial charge in [0, 0.05) is 0 Å². The van der Waals surface area contributed by atoms with Gasteiger partial charge in [0.25, 0.3) is 0 Å². The number of allylic oxidation sites excluding steroid dienone is 7. The lowest BCUT2D eigenvalue weighted by Gasteiger charge is -2.03. The molecule has 0 fully saturated rings. The van der Waals surface area contributed by atoms with E-state index in [-0.39, 0.29) is 0 Å². The van der Waals surface area contributed by atoms with Gasteiger partial charge in [-0.05, 0) is 53.4 Å². The zero-order valence-corrected chi connectivity index (χ0v) is 12.3. The van der Waals surface area contributed by atoms with Crippen molar-refractivity contribution in [2.24, 2.45) is 0 Å². The summed E-state index contributed by atoms with van der Waals surface area (Å²) >= 11 is 0. The fourth-order valence-corrected chi connectivity index (χ4v) is 1.46. The van der Waals surface area contributed by atoms with Crippen LogP contribution in [0.4, 0.5) is 0 Å². The first-order valence-electron chi connectivity index (χ1n) is 6.61. The molecule has 0 aliphatic heterocycles. The average molecular weight is 232 g/mol. The van der Waals surface area contributed by atoms with Crippen molar-refractivity contribution in [1.29, 1.82) is 0 Å². The molecule has 0 aromatic rings. The molecule has 0 saturated carbocycles. The number of hydrogen-bond acceptors (Lipinski definition) is 0. The third kappa shape index (κ3) is 7.79. The van der Waals surface area contributed by atoms with E-state index in [1.165, 1.54) is 41.6 Å². The summed E-state index contributed by atoms with van der Waals surface area (Å²) in [6.45, 7) is 14.8. The summed E-state index contributed by atoms with van der Waals surface area (Å²) in [6.07, 6.45) is 11.2. The standard InChI is InChI=1S/C17H28/c1-7-14(3)10-9-11-15(4)12-13-17(6)16(5)8-2/h8,10,12H,2,7,9,11,13H2,1,3-6H3/b14-10-,15-12+,17-16+. The van der Waals surface area contributed by atoms with Crippen LogP contribution in [-0.2, 0) is 0 Å². The van der Waals surface area contributed by atoms with Crippen molar-refractivity contribution in [1.82, 2.24) is 0 Å². The third-order valence-electron chi connectivity index (χ3n) is 3.33. The van der Waals surface area contributed by atoms with Crippen LogP contribution in [0.3, 0.4) is 0 Å². The van der Waals surface area contributed by atoms with Crippen LogP contribution < -0.4 is 0 Å². The minimum Gasteiger partial charge on any atom is -0.0988 e. The largest absolute Gasteiger partial charge is 0.0988 e. The molecule has 96 valence electrons. The van der Waals surface area contributed by atoms with E-state index in [2.05, 4.69) is 53.3 Å². The maximum absolute atomic E-state index is 3.80.